The van der Waals surface area contributed by atoms with E-state index in [-0.39, 0.29) is 5.97 Å². The monoisotopic (exact) mass is 229 g/mol. The Hall–Kier alpha value is -2.03. The summed E-state index contributed by atoms with van der Waals surface area (Å²) in [7, 11) is 0. The minimum atomic E-state index is -0.291. The van der Waals surface area contributed by atoms with Crippen molar-refractivity contribution in [3.63, 3.8) is 0 Å². The molecule has 0 spiro atoms. The van der Waals surface area contributed by atoms with Crippen LogP contribution in [-0.2, 0) is 4.74 Å². The summed E-state index contributed by atoms with van der Waals surface area (Å²) in [5, 5.41) is 0. The first kappa shape index (κ1) is 11.5. The number of ether oxygens (including phenoxy) is 1. The lowest BCUT2D eigenvalue weighted by molar-refractivity contribution is 0.0517. The summed E-state index contributed by atoms with van der Waals surface area (Å²) in [4.78, 5) is 11.8. The molecule has 0 unspecified atom stereocenters. The molecule has 0 saturated heterocycles. The maximum atomic E-state index is 11.8. The van der Waals surface area contributed by atoms with Crippen molar-refractivity contribution < 1.29 is 9.53 Å². The number of carbonyl (C=O) groups is 1. The lowest BCUT2D eigenvalue weighted by Crippen LogP contribution is -2.11. The van der Waals surface area contributed by atoms with Gasteiger partial charge in [-0.3, -0.25) is 0 Å². The van der Waals surface area contributed by atoms with Crippen LogP contribution in [0.2, 0.25) is 0 Å². The lowest BCUT2D eigenvalue weighted by atomic mass is 10.2. The van der Waals surface area contributed by atoms with Crippen molar-refractivity contribution in [2.75, 3.05) is 6.61 Å². The van der Waals surface area contributed by atoms with E-state index in [0.717, 1.165) is 11.3 Å². The average Bonchev–Trinajstić information content (AvgIpc) is 2.79. The smallest absolute Gasteiger partial charge is 0.355 e. The molecule has 1 aromatic heterocycles. The zero-order valence-electron chi connectivity index (χ0n) is 10.0. The molecule has 3 nitrogen and oxygen atoms in total. The molecule has 0 bridgehead atoms. The van der Waals surface area contributed by atoms with Gasteiger partial charge in [-0.1, -0.05) is 18.2 Å². The summed E-state index contributed by atoms with van der Waals surface area (Å²) >= 11 is 0. The molecular formula is C14H15NO2. The predicted octanol–water partition coefficient (Wildman–Crippen LogP) is 2.96. The Balaban J connectivity index is 2.44. The first-order valence-electron chi connectivity index (χ1n) is 5.64. The number of benzene rings is 1. The summed E-state index contributed by atoms with van der Waals surface area (Å²) < 4.78 is 6.88. The fourth-order valence-electron chi connectivity index (χ4n) is 1.80. The topological polar surface area (TPSA) is 31.2 Å². The van der Waals surface area contributed by atoms with E-state index in [2.05, 4.69) is 0 Å². The van der Waals surface area contributed by atoms with Crippen molar-refractivity contribution in [1.29, 1.82) is 0 Å². The second-order valence-corrected chi connectivity index (χ2v) is 3.77. The van der Waals surface area contributed by atoms with Gasteiger partial charge in [-0.15, -0.1) is 0 Å². The Morgan fingerprint density at radius 3 is 2.71 bits per heavy atom. The van der Waals surface area contributed by atoms with E-state index < -0.39 is 0 Å². The van der Waals surface area contributed by atoms with Crippen LogP contribution in [0.5, 0.6) is 0 Å². The molecule has 1 heterocycles. The molecular weight excluding hydrogens is 214 g/mol. The number of nitrogens with zero attached hydrogens (tertiary/aromatic N) is 1. The van der Waals surface area contributed by atoms with Crippen molar-refractivity contribution >= 4 is 5.97 Å². The number of aryl methyl sites for hydroxylation is 1. The van der Waals surface area contributed by atoms with Crippen LogP contribution in [0.4, 0.5) is 0 Å². The highest BCUT2D eigenvalue weighted by Gasteiger charge is 2.13. The Morgan fingerprint density at radius 1 is 1.24 bits per heavy atom. The predicted molar refractivity (Wildman–Crippen MR) is 66.5 cm³/mol. The highest BCUT2D eigenvalue weighted by molar-refractivity contribution is 5.88. The largest absolute Gasteiger partial charge is 0.461 e. The molecule has 0 saturated carbocycles. The second-order valence-electron chi connectivity index (χ2n) is 3.77. The van der Waals surface area contributed by atoms with Gasteiger partial charge in [-0.05, 0) is 37.6 Å². The Labute approximate surface area is 101 Å². The molecule has 1 aromatic carbocycles. The fourth-order valence-corrected chi connectivity index (χ4v) is 1.80. The molecule has 0 N–H and O–H groups in total. The second kappa shape index (κ2) is 4.87. The van der Waals surface area contributed by atoms with Crippen molar-refractivity contribution in [1.82, 2.24) is 4.57 Å². The average molecular weight is 229 g/mol. The molecule has 0 radical (unpaired) electrons. The number of aromatic nitrogens is 1. The molecule has 0 fully saturated rings. The molecule has 0 amide bonds. The van der Waals surface area contributed by atoms with Gasteiger partial charge in [0.2, 0.25) is 0 Å². The van der Waals surface area contributed by atoms with Crippen molar-refractivity contribution in [2.24, 2.45) is 0 Å². The SMILES string of the molecule is CCOC(=O)c1cccn1-c1ccccc1C. The van der Waals surface area contributed by atoms with Crippen LogP contribution in [0.25, 0.3) is 5.69 Å². The van der Waals surface area contributed by atoms with Gasteiger partial charge < -0.3 is 9.30 Å². The van der Waals surface area contributed by atoms with Gasteiger partial charge in [0.05, 0.1) is 6.61 Å². The fraction of sp³-hybridized carbons (Fsp3) is 0.214. The molecule has 0 atom stereocenters. The van der Waals surface area contributed by atoms with E-state index in [4.69, 9.17) is 4.74 Å². The molecule has 17 heavy (non-hydrogen) atoms. The standard InChI is InChI=1S/C14H15NO2/c1-3-17-14(16)13-9-6-10-15(13)12-8-5-4-7-11(12)2/h4-10H,3H2,1-2H3. The normalized spacial score (nSPS) is 10.2. The van der Waals surface area contributed by atoms with Crippen molar-refractivity contribution in [2.45, 2.75) is 13.8 Å². The van der Waals surface area contributed by atoms with Crippen LogP contribution >= 0.6 is 0 Å². The molecule has 3 heteroatoms. The maximum absolute atomic E-state index is 11.8. The summed E-state index contributed by atoms with van der Waals surface area (Å²) in [6.45, 7) is 4.21. The van der Waals surface area contributed by atoms with Crippen LogP contribution in [0.1, 0.15) is 23.0 Å². The van der Waals surface area contributed by atoms with Crippen LogP contribution in [-0.4, -0.2) is 17.1 Å². The van der Waals surface area contributed by atoms with Crippen LogP contribution in [0.3, 0.4) is 0 Å². The Bertz CT molecular complexity index is 529. The third-order valence-electron chi connectivity index (χ3n) is 2.61. The lowest BCUT2D eigenvalue weighted by Gasteiger charge is -2.10. The number of esters is 1. The number of carbonyl (C=O) groups excluding carboxylic acids is 1. The highest BCUT2D eigenvalue weighted by Crippen LogP contribution is 2.17. The van der Waals surface area contributed by atoms with Gasteiger partial charge in [0.1, 0.15) is 5.69 Å². The van der Waals surface area contributed by atoms with Gasteiger partial charge in [0.15, 0.2) is 0 Å². The van der Waals surface area contributed by atoms with E-state index in [1.165, 1.54) is 0 Å². The number of hydrogen-bond donors (Lipinski definition) is 0. The first-order valence-corrected chi connectivity index (χ1v) is 5.64. The van der Waals surface area contributed by atoms with Crippen molar-refractivity contribution in [3.05, 3.63) is 53.9 Å². The Morgan fingerprint density at radius 2 is 2.00 bits per heavy atom. The molecule has 0 aliphatic heterocycles. The number of rotatable bonds is 3. The zero-order chi connectivity index (χ0) is 12.3. The number of para-hydroxylation sites is 1. The summed E-state index contributed by atoms with van der Waals surface area (Å²) in [5.74, 6) is -0.291. The summed E-state index contributed by atoms with van der Waals surface area (Å²) in [6.07, 6.45) is 1.87. The van der Waals surface area contributed by atoms with Crippen LogP contribution in [0.15, 0.2) is 42.6 Å². The minimum Gasteiger partial charge on any atom is -0.461 e. The van der Waals surface area contributed by atoms with E-state index in [1.807, 2.05) is 48.0 Å². The third-order valence-corrected chi connectivity index (χ3v) is 2.61. The first-order chi connectivity index (χ1) is 8.24. The van der Waals surface area contributed by atoms with E-state index in [9.17, 15) is 4.79 Å². The van der Waals surface area contributed by atoms with E-state index in [0.29, 0.717) is 12.3 Å². The Kier molecular flexibility index (Phi) is 3.28. The third kappa shape index (κ3) is 2.23. The molecule has 0 aliphatic rings. The maximum Gasteiger partial charge on any atom is 0.355 e. The molecule has 2 aromatic rings. The van der Waals surface area contributed by atoms with Crippen molar-refractivity contribution in [3.8, 4) is 5.69 Å². The molecule has 88 valence electrons. The summed E-state index contributed by atoms with van der Waals surface area (Å²) in [6, 6.07) is 11.6. The summed E-state index contributed by atoms with van der Waals surface area (Å²) in [5.41, 5.74) is 2.68. The van der Waals surface area contributed by atoms with Gasteiger partial charge in [-0.2, -0.15) is 0 Å². The molecule has 2 rings (SSSR count). The minimum absolute atomic E-state index is 0.291. The van der Waals surface area contributed by atoms with Gasteiger partial charge in [0, 0.05) is 11.9 Å². The van der Waals surface area contributed by atoms with E-state index >= 15 is 0 Å². The van der Waals surface area contributed by atoms with Crippen LogP contribution in [0, 0.1) is 6.92 Å². The van der Waals surface area contributed by atoms with Gasteiger partial charge in [0.25, 0.3) is 0 Å². The van der Waals surface area contributed by atoms with Gasteiger partial charge >= 0.3 is 5.97 Å². The van der Waals surface area contributed by atoms with E-state index in [1.54, 1.807) is 13.0 Å². The van der Waals surface area contributed by atoms with Gasteiger partial charge in [-0.25, -0.2) is 4.79 Å². The number of hydrogen-bond acceptors (Lipinski definition) is 2. The quantitative estimate of drug-likeness (QED) is 0.758. The molecule has 0 aliphatic carbocycles. The highest BCUT2D eigenvalue weighted by atomic mass is 16.5. The zero-order valence-corrected chi connectivity index (χ0v) is 10.0. The van der Waals surface area contributed by atoms with Crippen LogP contribution < -0.4 is 0 Å².